The predicted molar refractivity (Wildman–Crippen MR) is 95.1 cm³/mol. The minimum absolute atomic E-state index is 0.0740. The van der Waals surface area contributed by atoms with Crippen molar-refractivity contribution in [1.29, 1.82) is 0 Å². The van der Waals surface area contributed by atoms with Crippen molar-refractivity contribution in [3.05, 3.63) is 62.8 Å². The van der Waals surface area contributed by atoms with Crippen molar-refractivity contribution in [3.8, 4) is 0 Å². The molecule has 1 aromatic heterocycles. The molecule has 1 aliphatic heterocycles. The lowest BCUT2D eigenvalue weighted by Gasteiger charge is -2.27. The Morgan fingerprint density at radius 3 is 2.67 bits per heavy atom. The van der Waals surface area contributed by atoms with Gasteiger partial charge in [-0.1, -0.05) is 37.6 Å². The van der Waals surface area contributed by atoms with E-state index in [0.29, 0.717) is 12.5 Å². The number of aryl methyl sites for hydroxylation is 1. The minimum atomic E-state index is 0.0740. The number of nitrogens with zero attached hydrogens (tertiary/aromatic N) is 2. The molecule has 0 saturated heterocycles. The van der Waals surface area contributed by atoms with Crippen molar-refractivity contribution < 1.29 is 0 Å². The third-order valence-electron chi connectivity index (χ3n) is 5.10. The van der Waals surface area contributed by atoms with Crippen LogP contribution in [0.5, 0.6) is 0 Å². The molecule has 4 rings (SSSR count). The maximum absolute atomic E-state index is 12.4. The highest BCUT2D eigenvalue weighted by molar-refractivity contribution is 5.25. The van der Waals surface area contributed by atoms with Gasteiger partial charge in [-0.25, -0.2) is 4.98 Å². The molecule has 1 aliphatic carbocycles. The monoisotopic (exact) mass is 323 g/mol. The Labute approximate surface area is 142 Å². The quantitative estimate of drug-likeness (QED) is 0.919. The number of hydrogen-bond acceptors (Lipinski definition) is 3. The number of nitrogens with one attached hydrogen (secondary N) is 1. The van der Waals surface area contributed by atoms with Gasteiger partial charge in [0.15, 0.2) is 0 Å². The molecule has 1 saturated carbocycles. The highest BCUT2D eigenvalue weighted by Gasteiger charge is 2.29. The summed E-state index contributed by atoms with van der Waals surface area (Å²) in [6, 6.07) is 8.90. The van der Waals surface area contributed by atoms with Crippen molar-refractivity contribution in [1.82, 2.24) is 14.9 Å². The van der Waals surface area contributed by atoms with E-state index in [1.807, 2.05) is 0 Å². The number of aromatic nitrogens is 2. The zero-order chi connectivity index (χ0) is 16.5. The van der Waals surface area contributed by atoms with Crippen LogP contribution in [0.4, 0.5) is 0 Å². The van der Waals surface area contributed by atoms with E-state index in [1.54, 1.807) is 0 Å². The van der Waals surface area contributed by atoms with Gasteiger partial charge in [-0.05, 0) is 30.4 Å². The SMILES string of the molecule is CCCc1ccc(CN2CCc3nc(C4CC4)[nH]c(=O)c3C2)cc1. The van der Waals surface area contributed by atoms with E-state index in [1.165, 1.54) is 30.4 Å². The molecule has 1 N–H and O–H groups in total. The van der Waals surface area contributed by atoms with Crippen molar-refractivity contribution in [2.45, 2.75) is 58.0 Å². The molecule has 24 heavy (non-hydrogen) atoms. The number of H-pyrrole nitrogens is 1. The maximum Gasteiger partial charge on any atom is 0.255 e. The van der Waals surface area contributed by atoms with E-state index in [4.69, 9.17) is 4.98 Å². The van der Waals surface area contributed by atoms with Crippen LogP contribution < -0.4 is 5.56 Å². The fourth-order valence-corrected chi connectivity index (χ4v) is 3.54. The van der Waals surface area contributed by atoms with Crippen molar-refractivity contribution in [2.75, 3.05) is 6.54 Å². The van der Waals surface area contributed by atoms with Crippen molar-refractivity contribution >= 4 is 0 Å². The zero-order valence-corrected chi connectivity index (χ0v) is 14.3. The van der Waals surface area contributed by atoms with Gasteiger partial charge in [-0.15, -0.1) is 0 Å². The summed E-state index contributed by atoms with van der Waals surface area (Å²) in [7, 11) is 0. The first-order chi connectivity index (χ1) is 11.7. The van der Waals surface area contributed by atoms with Crippen molar-refractivity contribution in [2.24, 2.45) is 0 Å². The number of benzene rings is 1. The summed E-state index contributed by atoms with van der Waals surface area (Å²) in [4.78, 5) is 22.5. The van der Waals surface area contributed by atoms with Gasteiger partial charge >= 0.3 is 0 Å². The third-order valence-corrected chi connectivity index (χ3v) is 5.10. The number of aromatic amines is 1. The fraction of sp³-hybridized carbons (Fsp3) is 0.500. The molecular formula is C20H25N3O. The second-order valence-corrected chi connectivity index (χ2v) is 7.18. The molecule has 0 radical (unpaired) electrons. The average molecular weight is 323 g/mol. The summed E-state index contributed by atoms with van der Waals surface area (Å²) < 4.78 is 0. The summed E-state index contributed by atoms with van der Waals surface area (Å²) in [6.07, 6.45) is 5.54. The van der Waals surface area contributed by atoms with Crippen LogP contribution in [0, 0.1) is 0 Å². The molecule has 4 nitrogen and oxygen atoms in total. The van der Waals surface area contributed by atoms with Crippen LogP contribution in [-0.4, -0.2) is 21.4 Å². The Morgan fingerprint density at radius 2 is 1.96 bits per heavy atom. The van der Waals surface area contributed by atoms with Crippen LogP contribution in [0.15, 0.2) is 29.1 Å². The lowest BCUT2D eigenvalue weighted by atomic mass is 10.0. The molecule has 126 valence electrons. The number of hydrogen-bond donors (Lipinski definition) is 1. The molecule has 0 unspecified atom stereocenters. The van der Waals surface area contributed by atoms with E-state index in [-0.39, 0.29) is 5.56 Å². The number of rotatable bonds is 5. The second kappa shape index (κ2) is 6.52. The van der Waals surface area contributed by atoms with Crippen LogP contribution in [0.3, 0.4) is 0 Å². The topological polar surface area (TPSA) is 49.0 Å². The van der Waals surface area contributed by atoms with E-state index < -0.39 is 0 Å². The molecule has 1 fully saturated rings. The van der Waals surface area contributed by atoms with Gasteiger partial charge in [-0.3, -0.25) is 9.69 Å². The van der Waals surface area contributed by atoms with E-state index >= 15 is 0 Å². The summed E-state index contributed by atoms with van der Waals surface area (Å²) in [5.41, 5.74) is 4.68. The first-order valence-electron chi connectivity index (χ1n) is 9.15. The average Bonchev–Trinajstić information content (AvgIpc) is 3.42. The summed E-state index contributed by atoms with van der Waals surface area (Å²) in [5.74, 6) is 1.42. The normalized spacial score (nSPS) is 17.7. The Hall–Kier alpha value is -1.94. The molecule has 0 bridgehead atoms. The summed E-state index contributed by atoms with van der Waals surface area (Å²) in [6.45, 7) is 4.79. The highest BCUT2D eigenvalue weighted by atomic mass is 16.1. The number of fused-ring (bicyclic) bond motifs is 1. The van der Waals surface area contributed by atoms with Gasteiger partial charge in [-0.2, -0.15) is 0 Å². The van der Waals surface area contributed by atoms with Gasteiger partial charge in [0.05, 0.1) is 11.3 Å². The van der Waals surface area contributed by atoms with Gasteiger partial charge < -0.3 is 4.98 Å². The van der Waals surface area contributed by atoms with Gasteiger partial charge in [0.25, 0.3) is 5.56 Å². The Morgan fingerprint density at radius 1 is 1.21 bits per heavy atom. The van der Waals surface area contributed by atoms with Gasteiger partial charge in [0.2, 0.25) is 0 Å². The molecule has 2 aromatic rings. The van der Waals surface area contributed by atoms with E-state index in [9.17, 15) is 4.79 Å². The van der Waals surface area contributed by atoms with Crippen LogP contribution >= 0.6 is 0 Å². The van der Waals surface area contributed by atoms with Crippen LogP contribution in [0.25, 0.3) is 0 Å². The summed E-state index contributed by atoms with van der Waals surface area (Å²) >= 11 is 0. The summed E-state index contributed by atoms with van der Waals surface area (Å²) in [5, 5.41) is 0. The molecule has 0 spiro atoms. The van der Waals surface area contributed by atoms with Crippen molar-refractivity contribution in [3.63, 3.8) is 0 Å². The highest BCUT2D eigenvalue weighted by Crippen LogP contribution is 2.37. The largest absolute Gasteiger partial charge is 0.310 e. The molecule has 0 amide bonds. The maximum atomic E-state index is 12.4. The molecule has 0 atom stereocenters. The molecule has 4 heteroatoms. The first-order valence-corrected chi connectivity index (χ1v) is 9.15. The third kappa shape index (κ3) is 3.29. The molecular weight excluding hydrogens is 298 g/mol. The molecule has 2 aliphatic rings. The second-order valence-electron chi connectivity index (χ2n) is 7.18. The van der Waals surface area contributed by atoms with Gasteiger partial charge in [0.1, 0.15) is 5.82 Å². The molecule has 1 aromatic carbocycles. The van der Waals surface area contributed by atoms with E-state index in [0.717, 1.165) is 43.0 Å². The zero-order valence-electron chi connectivity index (χ0n) is 14.3. The van der Waals surface area contributed by atoms with Crippen LogP contribution in [-0.2, 0) is 25.9 Å². The smallest absolute Gasteiger partial charge is 0.255 e. The lowest BCUT2D eigenvalue weighted by molar-refractivity contribution is 0.241. The minimum Gasteiger partial charge on any atom is -0.310 e. The predicted octanol–water partition coefficient (Wildman–Crippen LogP) is 3.16. The van der Waals surface area contributed by atoms with E-state index in [2.05, 4.69) is 41.1 Å². The van der Waals surface area contributed by atoms with Crippen LogP contribution in [0.2, 0.25) is 0 Å². The van der Waals surface area contributed by atoms with Crippen LogP contribution in [0.1, 0.15) is 60.3 Å². The Kier molecular flexibility index (Phi) is 4.23. The Bertz CT molecular complexity index is 774. The molecule has 2 heterocycles. The fourth-order valence-electron chi connectivity index (χ4n) is 3.54. The Balaban J connectivity index is 1.47. The standard InChI is InChI=1S/C20H25N3O/c1-2-3-14-4-6-15(7-5-14)12-23-11-10-18-17(13-23)20(24)22-19(21-18)16-8-9-16/h4-7,16H,2-3,8-13H2,1H3,(H,21,22,24). The lowest BCUT2D eigenvalue weighted by Crippen LogP contribution is -2.35. The first kappa shape index (κ1) is 15.6. The van der Waals surface area contributed by atoms with Gasteiger partial charge in [0, 0.05) is 32.0 Å².